The lowest BCUT2D eigenvalue weighted by Gasteiger charge is -2.08. The largest absolute Gasteiger partial charge is 0.322 e. The van der Waals surface area contributed by atoms with Gasteiger partial charge in [-0.2, -0.15) is 0 Å². The Morgan fingerprint density at radius 2 is 1.90 bits per heavy atom. The van der Waals surface area contributed by atoms with Gasteiger partial charge in [0.1, 0.15) is 0 Å². The summed E-state index contributed by atoms with van der Waals surface area (Å²) in [5.74, 6) is -0.156. The number of nitrogens with one attached hydrogen (secondary N) is 1. The van der Waals surface area contributed by atoms with Crippen LogP contribution in [-0.4, -0.2) is 5.91 Å². The van der Waals surface area contributed by atoms with E-state index in [-0.39, 0.29) is 5.91 Å². The molecule has 2 aromatic carbocycles. The van der Waals surface area contributed by atoms with Gasteiger partial charge in [-0.1, -0.05) is 37.1 Å². The van der Waals surface area contributed by atoms with Gasteiger partial charge in [0.2, 0.25) is 0 Å². The fourth-order valence-corrected chi connectivity index (χ4v) is 2.78. The molecule has 0 aromatic heterocycles. The Labute approximate surface area is 132 Å². The molecule has 0 aliphatic rings. The van der Waals surface area contributed by atoms with Gasteiger partial charge in [-0.25, -0.2) is 0 Å². The first-order chi connectivity index (χ1) is 9.60. The van der Waals surface area contributed by atoms with E-state index in [0.29, 0.717) is 15.1 Å². The molecule has 0 heterocycles. The van der Waals surface area contributed by atoms with Gasteiger partial charge in [-0.3, -0.25) is 4.79 Å². The van der Waals surface area contributed by atoms with Gasteiger partial charge < -0.3 is 5.32 Å². The summed E-state index contributed by atoms with van der Waals surface area (Å²) < 4.78 is 0.685. The minimum atomic E-state index is -0.156. The molecular weight excluding hydrogens is 338 g/mol. The van der Waals surface area contributed by atoms with Crippen LogP contribution in [0, 0.1) is 0 Å². The van der Waals surface area contributed by atoms with Crippen molar-refractivity contribution in [3.63, 3.8) is 0 Å². The van der Waals surface area contributed by atoms with E-state index < -0.39 is 0 Å². The van der Waals surface area contributed by atoms with Crippen molar-refractivity contribution >= 4 is 39.1 Å². The highest BCUT2D eigenvalue weighted by Crippen LogP contribution is 2.22. The van der Waals surface area contributed by atoms with E-state index in [1.54, 1.807) is 18.2 Å². The quantitative estimate of drug-likeness (QED) is 0.794. The first-order valence-electron chi connectivity index (χ1n) is 6.45. The molecule has 0 aliphatic carbocycles. The molecule has 0 unspecified atom stereocenters. The lowest BCUT2D eigenvalue weighted by Crippen LogP contribution is -2.12. The Bertz CT molecular complexity index is 610. The van der Waals surface area contributed by atoms with Crippen LogP contribution in [0.4, 0.5) is 5.69 Å². The van der Waals surface area contributed by atoms with Crippen LogP contribution in [0.25, 0.3) is 0 Å². The summed E-state index contributed by atoms with van der Waals surface area (Å²) in [5.41, 5.74) is 2.63. The number of hydrogen-bond acceptors (Lipinski definition) is 1. The number of halogens is 2. The highest BCUT2D eigenvalue weighted by atomic mass is 79.9. The number of aryl methyl sites for hydroxylation is 1. The highest BCUT2D eigenvalue weighted by molar-refractivity contribution is 9.10. The van der Waals surface area contributed by atoms with Crippen molar-refractivity contribution in [1.82, 2.24) is 0 Å². The zero-order chi connectivity index (χ0) is 14.5. The van der Waals surface area contributed by atoms with Crippen molar-refractivity contribution in [1.29, 1.82) is 0 Å². The SMILES string of the molecule is CCCc1ccc(NC(=O)c2ccc(Cl)cc2Br)cc1. The normalized spacial score (nSPS) is 10.3. The first kappa shape index (κ1) is 15.1. The molecule has 104 valence electrons. The first-order valence-corrected chi connectivity index (χ1v) is 7.62. The third-order valence-corrected chi connectivity index (χ3v) is 3.82. The molecule has 1 N–H and O–H groups in total. The van der Waals surface area contributed by atoms with E-state index in [0.717, 1.165) is 18.5 Å². The van der Waals surface area contributed by atoms with Crippen LogP contribution in [0.5, 0.6) is 0 Å². The van der Waals surface area contributed by atoms with E-state index in [1.807, 2.05) is 24.3 Å². The van der Waals surface area contributed by atoms with E-state index in [9.17, 15) is 4.79 Å². The van der Waals surface area contributed by atoms with Crippen molar-refractivity contribution in [3.8, 4) is 0 Å². The molecule has 0 bridgehead atoms. The van der Waals surface area contributed by atoms with Gasteiger partial charge in [-0.05, 0) is 58.2 Å². The molecule has 0 aliphatic heterocycles. The van der Waals surface area contributed by atoms with Crippen molar-refractivity contribution in [2.75, 3.05) is 5.32 Å². The van der Waals surface area contributed by atoms with Crippen molar-refractivity contribution < 1.29 is 4.79 Å². The van der Waals surface area contributed by atoms with E-state index >= 15 is 0 Å². The Kier molecular flexibility index (Phi) is 5.21. The minimum Gasteiger partial charge on any atom is -0.322 e. The number of rotatable bonds is 4. The number of carbonyl (C=O) groups is 1. The third-order valence-electron chi connectivity index (χ3n) is 2.93. The maximum Gasteiger partial charge on any atom is 0.256 e. The topological polar surface area (TPSA) is 29.1 Å². The van der Waals surface area contributed by atoms with Crippen LogP contribution >= 0.6 is 27.5 Å². The van der Waals surface area contributed by atoms with Crippen LogP contribution in [0.2, 0.25) is 5.02 Å². The van der Waals surface area contributed by atoms with Gasteiger partial charge in [-0.15, -0.1) is 0 Å². The summed E-state index contributed by atoms with van der Waals surface area (Å²) in [5, 5.41) is 3.47. The van der Waals surface area contributed by atoms with E-state index in [1.165, 1.54) is 5.56 Å². The molecule has 2 rings (SSSR count). The minimum absolute atomic E-state index is 0.156. The predicted octanol–water partition coefficient (Wildman–Crippen LogP) is 5.31. The Hall–Kier alpha value is -1.32. The molecule has 0 atom stereocenters. The standard InChI is InChI=1S/C16H15BrClNO/c1-2-3-11-4-7-13(8-5-11)19-16(20)14-9-6-12(18)10-15(14)17/h4-10H,2-3H2,1H3,(H,19,20). The Morgan fingerprint density at radius 3 is 2.50 bits per heavy atom. The zero-order valence-electron chi connectivity index (χ0n) is 11.1. The molecule has 0 radical (unpaired) electrons. The lowest BCUT2D eigenvalue weighted by molar-refractivity contribution is 0.102. The summed E-state index contributed by atoms with van der Waals surface area (Å²) in [6.07, 6.45) is 2.17. The fraction of sp³-hybridized carbons (Fsp3) is 0.188. The van der Waals surface area contributed by atoms with Crippen molar-refractivity contribution in [2.24, 2.45) is 0 Å². The van der Waals surface area contributed by atoms with E-state index in [4.69, 9.17) is 11.6 Å². The zero-order valence-corrected chi connectivity index (χ0v) is 13.5. The number of benzene rings is 2. The summed E-state index contributed by atoms with van der Waals surface area (Å²) in [6, 6.07) is 13.0. The second-order valence-electron chi connectivity index (χ2n) is 4.53. The molecule has 0 spiro atoms. The molecule has 1 amide bonds. The summed E-state index contributed by atoms with van der Waals surface area (Å²) in [7, 11) is 0. The summed E-state index contributed by atoms with van der Waals surface area (Å²) in [6.45, 7) is 2.15. The summed E-state index contributed by atoms with van der Waals surface area (Å²) in [4.78, 5) is 12.2. The third kappa shape index (κ3) is 3.84. The van der Waals surface area contributed by atoms with Crippen LogP contribution in [0.15, 0.2) is 46.9 Å². The van der Waals surface area contributed by atoms with Crippen molar-refractivity contribution in [3.05, 3.63) is 63.1 Å². The van der Waals surface area contributed by atoms with Gasteiger partial charge in [0.25, 0.3) is 5.91 Å². The maximum atomic E-state index is 12.2. The number of hydrogen-bond donors (Lipinski definition) is 1. The number of anilines is 1. The van der Waals surface area contributed by atoms with Crippen LogP contribution < -0.4 is 5.32 Å². The number of carbonyl (C=O) groups excluding carboxylic acids is 1. The molecule has 0 saturated heterocycles. The smallest absolute Gasteiger partial charge is 0.256 e. The fourth-order valence-electron chi connectivity index (χ4n) is 1.92. The average Bonchev–Trinajstić information content (AvgIpc) is 2.41. The van der Waals surface area contributed by atoms with Crippen molar-refractivity contribution in [2.45, 2.75) is 19.8 Å². The molecule has 20 heavy (non-hydrogen) atoms. The average molecular weight is 353 g/mol. The van der Waals surface area contributed by atoms with Gasteiger partial charge in [0.05, 0.1) is 5.56 Å². The highest BCUT2D eigenvalue weighted by Gasteiger charge is 2.10. The second-order valence-corrected chi connectivity index (χ2v) is 5.82. The van der Waals surface area contributed by atoms with Crippen LogP contribution in [0.3, 0.4) is 0 Å². The number of amides is 1. The lowest BCUT2D eigenvalue weighted by atomic mass is 10.1. The maximum absolute atomic E-state index is 12.2. The Morgan fingerprint density at radius 1 is 1.20 bits per heavy atom. The van der Waals surface area contributed by atoms with Gasteiger partial charge in [0.15, 0.2) is 0 Å². The molecule has 0 saturated carbocycles. The Balaban J connectivity index is 2.11. The molecule has 0 fully saturated rings. The molecule has 4 heteroatoms. The monoisotopic (exact) mass is 351 g/mol. The summed E-state index contributed by atoms with van der Waals surface area (Å²) >= 11 is 9.22. The predicted molar refractivity (Wildman–Crippen MR) is 87.5 cm³/mol. The molecule has 2 aromatic rings. The molecular formula is C16H15BrClNO. The second kappa shape index (κ2) is 6.91. The van der Waals surface area contributed by atoms with Crippen LogP contribution in [-0.2, 0) is 6.42 Å². The van der Waals surface area contributed by atoms with Gasteiger partial charge >= 0.3 is 0 Å². The van der Waals surface area contributed by atoms with E-state index in [2.05, 4.69) is 28.2 Å². The molecule has 2 nitrogen and oxygen atoms in total. The van der Waals surface area contributed by atoms with Crippen LogP contribution in [0.1, 0.15) is 29.3 Å². The van der Waals surface area contributed by atoms with Gasteiger partial charge in [0, 0.05) is 15.2 Å².